The van der Waals surface area contributed by atoms with Crippen molar-refractivity contribution in [1.82, 2.24) is 4.98 Å². The number of nitrogens with zero attached hydrogens (tertiary/aromatic N) is 2. The molecule has 0 saturated carbocycles. The quantitative estimate of drug-likeness (QED) is 0.420. The summed E-state index contributed by atoms with van der Waals surface area (Å²) in [6, 6.07) is 3.41. The molecule has 0 saturated heterocycles. The number of rotatable bonds is 1. The number of hydrogen-bond donors (Lipinski definition) is 0. The topological polar surface area (TPSA) is 63.0 Å². The first-order chi connectivity index (χ1) is 7.67. The van der Waals surface area contributed by atoms with Crippen molar-refractivity contribution in [2.45, 2.75) is 6.42 Å². The molecule has 0 aliphatic carbocycles. The summed E-state index contributed by atoms with van der Waals surface area (Å²) in [6.45, 7) is 0. The number of methoxy groups -OCH3 is 1. The van der Waals surface area contributed by atoms with Crippen LogP contribution in [0.25, 0.3) is 0 Å². The molecule has 1 heterocycles. The van der Waals surface area contributed by atoms with Crippen LogP contribution in [0.3, 0.4) is 0 Å². The lowest BCUT2D eigenvalue weighted by Gasteiger charge is -1.94. The minimum absolute atomic E-state index is 0.00101. The van der Waals surface area contributed by atoms with Crippen LogP contribution < -0.4 is 0 Å². The lowest BCUT2D eigenvalue weighted by molar-refractivity contribution is -0.139. The van der Waals surface area contributed by atoms with E-state index in [0.717, 1.165) is 0 Å². The monoisotopic (exact) mass is 234 g/mol. The number of carbonyl (C=O) groups is 1. The van der Waals surface area contributed by atoms with Gasteiger partial charge in [0.1, 0.15) is 17.6 Å². The number of aromatic nitrogens is 1. The summed E-state index contributed by atoms with van der Waals surface area (Å²) in [6.07, 6.45) is 1.44. The standard InChI is InChI=1S/C11H7ClN2O2/c1-16-10(15)4-2-3-8-5-9(6-13)11(12)14-7-8/h5,7H,4H2,1H3. The van der Waals surface area contributed by atoms with Crippen molar-refractivity contribution in [3.05, 3.63) is 28.5 Å². The van der Waals surface area contributed by atoms with Gasteiger partial charge in [0.25, 0.3) is 0 Å². The number of ether oxygens (including phenoxy) is 1. The highest BCUT2D eigenvalue weighted by Gasteiger charge is 2.00. The molecule has 0 unspecified atom stereocenters. The third-order valence-corrected chi connectivity index (χ3v) is 1.95. The van der Waals surface area contributed by atoms with E-state index in [9.17, 15) is 4.79 Å². The zero-order valence-electron chi connectivity index (χ0n) is 8.45. The second kappa shape index (κ2) is 5.75. The first kappa shape index (κ1) is 12.0. The molecule has 0 aliphatic heterocycles. The molecule has 0 fully saturated rings. The number of esters is 1. The summed E-state index contributed by atoms with van der Waals surface area (Å²) in [4.78, 5) is 14.6. The van der Waals surface area contributed by atoms with Crippen molar-refractivity contribution < 1.29 is 9.53 Å². The van der Waals surface area contributed by atoms with Crippen LogP contribution in [0, 0.1) is 23.2 Å². The Hall–Kier alpha value is -2.04. The maximum atomic E-state index is 10.8. The van der Waals surface area contributed by atoms with Crippen molar-refractivity contribution in [3.63, 3.8) is 0 Å². The van der Waals surface area contributed by atoms with Crippen LogP contribution in [0.2, 0.25) is 5.15 Å². The van der Waals surface area contributed by atoms with Crippen molar-refractivity contribution in [2.24, 2.45) is 0 Å². The predicted molar refractivity (Wildman–Crippen MR) is 57.5 cm³/mol. The molecular formula is C11H7ClN2O2. The fraction of sp³-hybridized carbons (Fsp3) is 0.182. The molecule has 16 heavy (non-hydrogen) atoms. The maximum Gasteiger partial charge on any atom is 0.317 e. The van der Waals surface area contributed by atoms with Gasteiger partial charge in [-0.3, -0.25) is 4.79 Å². The highest BCUT2D eigenvalue weighted by Crippen LogP contribution is 2.12. The van der Waals surface area contributed by atoms with Crippen LogP contribution in [0.5, 0.6) is 0 Å². The first-order valence-corrected chi connectivity index (χ1v) is 4.66. The second-order valence-corrected chi connectivity index (χ2v) is 3.09. The predicted octanol–water partition coefficient (Wildman–Crippen LogP) is 1.52. The molecule has 0 spiro atoms. The molecule has 0 radical (unpaired) electrons. The normalized spacial score (nSPS) is 8.56. The number of nitriles is 1. The minimum Gasteiger partial charge on any atom is -0.468 e. The zero-order chi connectivity index (χ0) is 12.0. The van der Waals surface area contributed by atoms with Gasteiger partial charge >= 0.3 is 5.97 Å². The fourth-order valence-corrected chi connectivity index (χ4v) is 1.03. The van der Waals surface area contributed by atoms with Crippen molar-refractivity contribution in [2.75, 3.05) is 7.11 Å². The van der Waals surface area contributed by atoms with Crippen molar-refractivity contribution in [1.29, 1.82) is 5.26 Å². The average Bonchev–Trinajstić information content (AvgIpc) is 2.31. The largest absolute Gasteiger partial charge is 0.468 e. The highest BCUT2D eigenvalue weighted by atomic mass is 35.5. The van der Waals surface area contributed by atoms with Gasteiger partial charge < -0.3 is 4.74 Å². The summed E-state index contributed by atoms with van der Waals surface area (Å²) in [5, 5.41) is 8.84. The van der Waals surface area contributed by atoms with Crippen LogP contribution >= 0.6 is 11.6 Å². The Morgan fingerprint density at radius 1 is 1.69 bits per heavy atom. The van der Waals surface area contributed by atoms with E-state index in [1.807, 2.05) is 6.07 Å². The smallest absolute Gasteiger partial charge is 0.317 e. The van der Waals surface area contributed by atoms with Gasteiger partial charge in [-0.25, -0.2) is 4.98 Å². The van der Waals surface area contributed by atoms with E-state index >= 15 is 0 Å². The van der Waals surface area contributed by atoms with Crippen LogP contribution in [0.15, 0.2) is 12.3 Å². The third kappa shape index (κ3) is 3.27. The molecule has 4 nitrogen and oxygen atoms in total. The van der Waals surface area contributed by atoms with Gasteiger partial charge in [0, 0.05) is 11.8 Å². The fourth-order valence-electron chi connectivity index (χ4n) is 0.885. The van der Waals surface area contributed by atoms with Crippen LogP contribution in [0.4, 0.5) is 0 Å². The van der Waals surface area contributed by atoms with Gasteiger partial charge in [0.15, 0.2) is 0 Å². The minimum atomic E-state index is -0.407. The average molecular weight is 235 g/mol. The Morgan fingerprint density at radius 3 is 3.06 bits per heavy atom. The van der Waals surface area contributed by atoms with Gasteiger partial charge in [-0.05, 0) is 6.07 Å². The molecule has 1 rings (SSSR count). The molecular weight excluding hydrogens is 228 g/mol. The molecule has 1 aromatic heterocycles. The van der Waals surface area contributed by atoms with Crippen LogP contribution in [0.1, 0.15) is 17.5 Å². The summed E-state index contributed by atoms with van der Waals surface area (Å²) < 4.78 is 4.42. The Kier molecular flexibility index (Phi) is 4.32. The number of carbonyl (C=O) groups excluding carboxylic acids is 1. The van der Waals surface area contributed by atoms with Crippen LogP contribution in [-0.4, -0.2) is 18.1 Å². The summed E-state index contributed by atoms with van der Waals surface area (Å²) in [7, 11) is 1.29. The molecule has 80 valence electrons. The Morgan fingerprint density at radius 2 is 2.44 bits per heavy atom. The summed E-state index contributed by atoms with van der Waals surface area (Å²) in [5.74, 6) is 4.89. The van der Waals surface area contributed by atoms with E-state index in [4.69, 9.17) is 16.9 Å². The molecule has 1 aromatic rings. The molecule has 0 amide bonds. The van der Waals surface area contributed by atoms with Crippen LogP contribution in [-0.2, 0) is 9.53 Å². The van der Waals surface area contributed by atoms with E-state index in [-0.39, 0.29) is 17.1 Å². The first-order valence-electron chi connectivity index (χ1n) is 4.28. The molecule has 0 aromatic carbocycles. The molecule has 0 aliphatic rings. The second-order valence-electron chi connectivity index (χ2n) is 2.73. The maximum absolute atomic E-state index is 10.8. The lowest BCUT2D eigenvalue weighted by atomic mass is 10.2. The van der Waals surface area contributed by atoms with Gasteiger partial charge in [0.05, 0.1) is 12.7 Å². The number of pyridine rings is 1. The summed E-state index contributed by atoms with van der Waals surface area (Å²) >= 11 is 5.65. The van der Waals surface area contributed by atoms with Crippen molar-refractivity contribution >= 4 is 17.6 Å². The van der Waals surface area contributed by atoms with E-state index in [1.54, 1.807) is 0 Å². The lowest BCUT2D eigenvalue weighted by Crippen LogP contribution is -1.97. The van der Waals surface area contributed by atoms with Gasteiger partial charge in [-0.15, -0.1) is 0 Å². The van der Waals surface area contributed by atoms with E-state index in [0.29, 0.717) is 5.56 Å². The van der Waals surface area contributed by atoms with Crippen molar-refractivity contribution in [3.8, 4) is 17.9 Å². The van der Waals surface area contributed by atoms with E-state index < -0.39 is 5.97 Å². The van der Waals surface area contributed by atoms with E-state index in [1.165, 1.54) is 19.4 Å². The van der Waals surface area contributed by atoms with Gasteiger partial charge in [-0.1, -0.05) is 23.4 Å². The van der Waals surface area contributed by atoms with Gasteiger partial charge in [-0.2, -0.15) is 5.26 Å². The Labute approximate surface area is 97.8 Å². The molecule has 0 N–H and O–H groups in total. The number of halogens is 1. The van der Waals surface area contributed by atoms with Gasteiger partial charge in [0.2, 0.25) is 0 Å². The Balaban J connectivity index is 2.83. The third-order valence-electron chi connectivity index (χ3n) is 1.65. The molecule has 5 heteroatoms. The van der Waals surface area contributed by atoms with E-state index in [2.05, 4.69) is 21.6 Å². The molecule has 0 bridgehead atoms. The zero-order valence-corrected chi connectivity index (χ0v) is 9.21. The number of hydrogen-bond acceptors (Lipinski definition) is 4. The summed E-state index contributed by atoms with van der Waals surface area (Å²) in [5.41, 5.74) is 0.788. The SMILES string of the molecule is COC(=O)CC#Cc1cnc(Cl)c(C#N)c1. The highest BCUT2D eigenvalue weighted by molar-refractivity contribution is 6.30. The molecule has 0 atom stereocenters. The Bertz CT molecular complexity index is 509.